The molecule has 0 fully saturated rings. The van der Waals surface area contributed by atoms with E-state index in [-0.39, 0.29) is 9.79 Å². The Morgan fingerprint density at radius 3 is 1.98 bits per heavy atom. The monoisotopic (exact) mass is 577 g/mol. The zero-order valence-corrected chi connectivity index (χ0v) is 24.3. The standard InChI is InChI=1S/C30H31N3O5S2/c1-21-11-17-28(24(4)18-21)32-39(35,36)26-15-13-25(14-16-26)31-30(34)20-33(29-19-22(2)10-12-23(29)3)40(37,38)27-8-6-5-7-9-27/h5-19,32H,20H2,1-4H3,(H,31,34). The van der Waals surface area contributed by atoms with Crippen LogP contribution in [0.4, 0.5) is 17.1 Å². The van der Waals surface area contributed by atoms with Crippen molar-refractivity contribution in [1.82, 2.24) is 0 Å². The number of nitrogens with zero attached hydrogens (tertiary/aromatic N) is 1. The lowest BCUT2D eigenvalue weighted by Gasteiger charge is -2.26. The number of hydrogen-bond donors (Lipinski definition) is 2. The molecule has 10 heteroatoms. The SMILES string of the molecule is Cc1ccc(NS(=O)(=O)c2ccc(NC(=O)CN(c3cc(C)ccc3C)S(=O)(=O)c3ccccc3)cc2)c(C)c1. The van der Waals surface area contributed by atoms with Gasteiger partial charge >= 0.3 is 0 Å². The highest BCUT2D eigenvalue weighted by molar-refractivity contribution is 7.93. The van der Waals surface area contributed by atoms with Crippen molar-refractivity contribution >= 4 is 43.0 Å². The molecule has 0 bridgehead atoms. The molecule has 0 saturated carbocycles. The summed E-state index contributed by atoms with van der Waals surface area (Å²) in [6, 6.07) is 24.4. The van der Waals surface area contributed by atoms with Gasteiger partial charge < -0.3 is 5.32 Å². The summed E-state index contributed by atoms with van der Waals surface area (Å²) in [6.07, 6.45) is 0. The predicted molar refractivity (Wildman–Crippen MR) is 159 cm³/mol. The van der Waals surface area contributed by atoms with E-state index >= 15 is 0 Å². The summed E-state index contributed by atoms with van der Waals surface area (Å²) in [7, 11) is -7.92. The first-order valence-corrected chi connectivity index (χ1v) is 15.4. The van der Waals surface area contributed by atoms with Crippen molar-refractivity contribution in [3.05, 3.63) is 113 Å². The second-order valence-electron chi connectivity index (χ2n) is 9.61. The molecule has 8 nitrogen and oxygen atoms in total. The van der Waals surface area contributed by atoms with Gasteiger partial charge in [-0.15, -0.1) is 0 Å². The van der Waals surface area contributed by atoms with Gasteiger partial charge in [-0.05, 0) is 92.9 Å². The van der Waals surface area contributed by atoms with E-state index in [4.69, 9.17) is 0 Å². The number of benzene rings is 4. The predicted octanol–water partition coefficient (Wildman–Crippen LogP) is 5.56. The van der Waals surface area contributed by atoms with Gasteiger partial charge in [0.1, 0.15) is 6.54 Å². The summed E-state index contributed by atoms with van der Waals surface area (Å²) in [5.41, 5.74) is 4.57. The third-order valence-electron chi connectivity index (χ3n) is 6.33. The number of carbonyl (C=O) groups excluding carboxylic acids is 1. The molecule has 0 aliphatic carbocycles. The molecular formula is C30H31N3O5S2. The van der Waals surface area contributed by atoms with E-state index in [9.17, 15) is 21.6 Å². The van der Waals surface area contributed by atoms with Crippen molar-refractivity contribution < 1.29 is 21.6 Å². The molecular weight excluding hydrogens is 546 g/mol. The molecule has 0 aliphatic heterocycles. The molecule has 0 saturated heterocycles. The number of sulfonamides is 2. The van der Waals surface area contributed by atoms with Crippen LogP contribution in [-0.4, -0.2) is 29.3 Å². The lowest BCUT2D eigenvalue weighted by molar-refractivity contribution is -0.114. The summed E-state index contributed by atoms with van der Waals surface area (Å²) >= 11 is 0. The molecule has 2 N–H and O–H groups in total. The zero-order valence-electron chi connectivity index (χ0n) is 22.7. The highest BCUT2D eigenvalue weighted by atomic mass is 32.2. The van der Waals surface area contributed by atoms with Crippen molar-refractivity contribution in [3.8, 4) is 0 Å². The van der Waals surface area contributed by atoms with Gasteiger partial charge in [-0.1, -0.05) is 48.0 Å². The molecule has 0 unspecified atom stereocenters. The fourth-order valence-corrected chi connectivity index (χ4v) is 6.82. The van der Waals surface area contributed by atoms with Crippen LogP contribution in [0.5, 0.6) is 0 Å². The summed E-state index contributed by atoms with van der Waals surface area (Å²) in [5.74, 6) is -0.579. The molecule has 0 heterocycles. The maximum absolute atomic E-state index is 13.6. The van der Waals surface area contributed by atoms with Crippen LogP contribution in [0.3, 0.4) is 0 Å². The Morgan fingerprint density at radius 2 is 1.32 bits per heavy atom. The number of amides is 1. The Labute approximate surface area is 235 Å². The molecule has 4 aromatic carbocycles. The largest absolute Gasteiger partial charge is 0.325 e. The Hall–Kier alpha value is -4.15. The lowest BCUT2D eigenvalue weighted by atomic mass is 10.1. The quantitative estimate of drug-likeness (QED) is 0.271. The molecule has 0 aromatic heterocycles. The average molecular weight is 578 g/mol. The van der Waals surface area contributed by atoms with E-state index < -0.39 is 32.5 Å². The highest BCUT2D eigenvalue weighted by Gasteiger charge is 2.28. The minimum absolute atomic E-state index is 0.0224. The fraction of sp³-hybridized carbons (Fsp3) is 0.167. The van der Waals surface area contributed by atoms with E-state index in [1.54, 1.807) is 43.3 Å². The maximum Gasteiger partial charge on any atom is 0.264 e. The van der Waals surface area contributed by atoms with Crippen molar-refractivity contribution in [3.63, 3.8) is 0 Å². The lowest BCUT2D eigenvalue weighted by Crippen LogP contribution is -2.38. The maximum atomic E-state index is 13.6. The zero-order chi connectivity index (χ0) is 29.1. The van der Waals surface area contributed by atoms with Crippen molar-refractivity contribution in [2.24, 2.45) is 0 Å². The summed E-state index contributed by atoms with van der Waals surface area (Å²) in [4.78, 5) is 13.2. The number of hydrogen-bond acceptors (Lipinski definition) is 5. The first-order valence-electron chi connectivity index (χ1n) is 12.5. The number of carbonyl (C=O) groups is 1. The normalized spacial score (nSPS) is 11.6. The van der Waals surface area contributed by atoms with Crippen LogP contribution in [0.15, 0.2) is 101 Å². The fourth-order valence-electron chi connectivity index (χ4n) is 4.19. The van der Waals surface area contributed by atoms with Crippen molar-refractivity contribution in [1.29, 1.82) is 0 Å². The van der Waals surface area contributed by atoms with Crippen LogP contribution in [-0.2, 0) is 24.8 Å². The van der Waals surface area contributed by atoms with Gasteiger partial charge in [-0.25, -0.2) is 16.8 Å². The summed E-state index contributed by atoms with van der Waals surface area (Å²) in [5, 5.41) is 2.68. The van der Waals surface area contributed by atoms with Crippen LogP contribution in [0, 0.1) is 27.7 Å². The van der Waals surface area contributed by atoms with E-state index in [1.807, 2.05) is 39.0 Å². The molecule has 4 aromatic rings. The number of aryl methyl sites for hydroxylation is 4. The molecule has 208 valence electrons. The Morgan fingerprint density at radius 1 is 0.700 bits per heavy atom. The smallest absolute Gasteiger partial charge is 0.264 e. The van der Waals surface area contributed by atoms with E-state index in [1.165, 1.54) is 36.4 Å². The highest BCUT2D eigenvalue weighted by Crippen LogP contribution is 2.28. The third-order valence-corrected chi connectivity index (χ3v) is 9.48. The van der Waals surface area contributed by atoms with Crippen LogP contribution in [0.2, 0.25) is 0 Å². The van der Waals surface area contributed by atoms with Gasteiger partial charge in [-0.3, -0.25) is 13.8 Å². The van der Waals surface area contributed by atoms with Crippen molar-refractivity contribution in [2.45, 2.75) is 37.5 Å². The molecule has 1 amide bonds. The molecule has 0 radical (unpaired) electrons. The van der Waals surface area contributed by atoms with Gasteiger partial charge in [0.15, 0.2) is 0 Å². The summed E-state index contributed by atoms with van der Waals surface area (Å²) < 4.78 is 56.7. The van der Waals surface area contributed by atoms with Crippen molar-refractivity contribution in [2.75, 3.05) is 20.9 Å². The van der Waals surface area contributed by atoms with E-state index in [0.29, 0.717) is 22.6 Å². The van der Waals surface area contributed by atoms with Gasteiger partial charge in [0.05, 0.1) is 21.2 Å². The van der Waals surface area contributed by atoms with Gasteiger partial charge in [0.25, 0.3) is 20.0 Å². The number of anilines is 3. The van der Waals surface area contributed by atoms with Crippen LogP contribution in [0.25, 0.3) is 0 Å². The van der Waals surface area contributed by atoms with Crippen LogP contribution >= 0.6 is 0 Å². The molecule has 0 atom stereocenters. The number of rotatable bonds is 9. The first-order chi connectivity index (χ1) is 18.9. The molecule has 0 spiro atoms. The van der Waals surface area contributed by atoms with Gasteiger partial charge in [0.2, 0.25) is 5.91 Å². The van der Waals surface area contributed by atoms with Gasteiger partial charge in [0, 0.05) is 5.69 Å². The Kier molecular flexibility index (Phi) is 8.32. The average Bonchev–Trinajstić information content (AvgIpc) is 2.91. The van der Waals surface area contributed by atoms with Crippen LogP contribution < -0.4 is 14.3 Å². The second kappa shape index (κ2) is 11.5. The molecule has 0 aliphatic rings. The van der Waals surface area contributed by atoms with Gasteiger partial charge in [-0.2, -0.15) is 0 Å². The minimum Gasteiger partial charge on any atom is -0.325 e. The minimum atomic E-state index is -4.06. The molecule has 40 heavy (non-hydrogen) atoms. The van der Waals surface area contributed by atoms with E-state index in [0.717, 1.165) is 21.0 Å². The summed E-state index contributed by atoms with van der Waals surface area (Å²) in [6.45, 7) is 6.90. The third kappa shape index (κ3) is 6.52. The van der Waals surface area contributed by atoms with Crippen LogP contribution in [0.1, 0.15) is 22.3 Å². The Balaban J connectivity index is 1.55. The molecule has 4 rings (SSSR count). The topological polar surface area (TPSA) is 113 Å². The second-order valence-corrected chi connectivity index (χ2v) is 13.2. The number of nitrogens with one attached hydrogen (secondary N) is 2. The van der Waals surface area contributed by atoms with E-state index in [2.05, 4.69) is 10.0 Å². The first kappa shape index (κ1) is 28.8. The Bertz CT molecular complexity index is 1750.